The van der Waals surface area contributed by atoms with Crippen LogP contribution in [-0.2, 0) is 5.41 Å². The highest BCUT2D eigenvalue weighted by Crippen LogP contribution is 2.62. The first-order chi connectivity index (χ1) is 28.7. The lowest BCUT2D eigenvalue weighted by Crippen LogP contribution is -2.32. The first-order valence-corrected chi connectivity index (χ1v) is 20.2. The molecule has 1 aliphatic heterocycles. The minimum absolute atomic E-state index is 0.523. The fourth-order valence-corrected chi connectivity index (χ4v) is 10.1. The predicted octanol–water partition coefficient (Wildman–Crippen LogP) is 14.2. The van der Waals surface area contributed by atoms with Crippen molar-refractivity contribution in [3.05, 3.63) is 234 Å². The van der Waals surface area contributed by atoms with Gasteiger partial charge in [-0.15, -0.1) is 0 Å². The van der Waals surface area contributed by atoms with Crippen molar-refractivity contribution in [2.24, 2.45) is 0 Å². The standard InChI is InChI=1S/C54H33N3S/c1-55-42-28-24-36(25-29-42)41-27-31-52-48(33-41)54(46-18-10-11-19-51(46)58-52)45-17-9-8-16-43(45)44-30-26-40(32-47(44)54)35-20-22-39(23-21-35)53-56-49(37-12-4-2-5-13-37)34-50(57-53)38-14-6-3-7-15-38/h2-34H. The first kappa shape index (κ1) is 34.0. The molecule has 9 aromatic rings. The second kappa shape index (κ2) is 13.7. The van der Waals surface area contributed by atoms with Crippen molar-refractivity contribution in [2.75, 3.05) is 0 Å². The minimum atomic E-state index is -0.523. The first-order valence-electron chi connectivity index (χ1n) is 19.4. The Morgan fingerprint density at radius 1 is 0.379 bits per heavy atom. The van der Waals surface area contributed by atoms with Crippen LogP contribution in [-0.4, -0.2) is 9.97 Å². The molecular formula is C54H33N3S. The van der Waals surface area contributed by atoms with Crippen molar-refractivity contribution in [1.82, 2.24) is 9.97 Å². The average Bonchev–Trinajstić information content (AvgIpc) is 3.59. The summed E-state index contributed by atoms with van der Waals surface area (Å²) >= 11 is 1.85. The Balaban J connectivity index is 1.06. The number of benzene rings is 8. The van der Waals surface area contributed by atoms with E-state index >= 15 is 0 Å². The molecule has 1 atom stereocenters. The molecule has 2 heterocycles. The van der Waals surface area contributed by atoms with Gasteiger partial charge in [-0.2, -0.15) is 0 Å². The van der Waals surface area contributed by atoms with E-state index in [9.17, 15) is 0 Å². The number of fused-ring (bicyclic) bond motifs is 9. The van der Waals surface area contributed by atoms with Crippen LogP contribution in [0.15, 0.2) is 210 Å². The van der Waals surface area contributed by atoms with Crippen LogP contribution in [0.2, 0.25) is 0 Å². The number of aromatic nitrogens is 2. The molecule has 0 amide bonds. The molecule has 0 N–H and O–H groups in total. The lowest BCUT2D eigenvalue weighted by Gasteiger charge is -2.40. The average molecular weight is 756 g/mol. The zero-order chi connectivity index (χ0) is 38.6. The summed E-state index contributed by atoms with van der Waals surface area (Å²) in [6.45, 7) is 7.48. The number of hydrogen-bond donors (Lipinski definition) is 0. The van der Waals surface area contributed by atoms with Crippen LogP contribution < -0.4 is 0 Å². The van der Waals surface area contributed by atoms with Gasteiger partial charge in [0.25, 0.3) is 0 Å². The third kappa shape index (κ3) is 5.44. The van der Waals surface area contributed by atoms with Crippen LogP contribution in [0.3, 0.4) is 0 Å². The molecule has 4 heteroatoms. The van der Waals surface area contributed by atoms with Gasteiger partial charge in [-0.1, -0.05) is 182 Å². The fraction of sp³-hybridized carbons (Fsp3) is 0.0185. The van der Waals surface area contributed by atoms with Gasteiger partial charge in [0.2, 0.25) is 0 Å². The van der Waals surface area contributed by atoms with Crippen LogP contribution in [0.4, 0.5) is 5.69 Å². The summed E-state index contributed by atoms with van der Waals surface area (Å²) in [5, 5.41) is 0. The molecule has 0 bridgehead atoms. The molecule has 58 heavy (non-hydrogen) atoms. The van der Waals surface area contributed by atoms with Gasteiger partial charge in [-0.25, -0.2) is 14.8 Å². The van der Waals surface area contributed by atoms with Crippen LogP contribution in [0.25, 0.3) is 72.1 Å². The van der Waals surface area contributed by atoms with Crippen molar-refractivity contribution in [1.29, 1.82) is 0 Å². The molecule has 2 aliphatic rings. The van der Waals surface area contributed by atoms with E-state index in [2.05, 4.69) is 157 Å². The SMILES string of the molecule is [C-]#[N+]c1ccc(-c2ccc3c(c2)C2(c4ccccc4S3)c3ccccc3-c3ccc(-c4ccc(-c5nc(-c6ccccc6)cc(-c6ccccc6)n5)cc4)cc32)cc1. The van der Waals surface area contributed by atoms with Gasteiger partial charge in [0.15, 0.2) is 11.5 Å². The topological polar surface area (TPSA) is 30.1 Å². The largest absolute Gasteiger partial charge is 0.238 e. The van der Waals surface area contributed by atoms with Crippen LogP contribution in [0, 0.1) is 6.57 Å². The van der Waals surface area contributed by atoms with Gasteiger partial charge in [0.1, 0.15) is 0 Å². The van der Waals surface area contributed by atoms with E-state index in [1.165, 1.54) is 43.2 Å². The lowest BCUT2D eigenvalue weighted by molar-refractivity contribution is 0.723. The Kier molecular flexibility index (Phi) is 8.03. The zero-order valence-electron chi connectivity index (χ0n) is 31.3. The Bertz CT molecular complexity index is 3020. The van der Waals surface area contributed by atoms with Crippen molar-refractivity contribution >= 4 is 17.4 Å². The zero-order valence-corrected chi connectivity index (χ0v) is 32.1. The van der Waals surface area contributed by atoms with E-state index in [-0.39, 0.29) is 0 Å². The van der Waals surface area contributed by atoms with Crippen LogP contribution in [0.1, 0.15) is 22.3 Å². The summed E-state index contributed by atoms with van der Waals surface area (Å²) in [4.78, 5) is 16.3. The van der Waals surface area contributed by atoms with Crippen LogP contribution in [0.5, 0.6) is 0 Å². The number of nitrogens with zero attached hydrogens (tertiary/aromatic N) is 3. The highest BCUT2D eigenvalue weighted by Gasteiger charge is 2.50. The van der Waals surface area contributed by atoms with E-state index in [4.69, 9.17) is 16.5 Å². The molecule has 0 saturated carbocycles. The van der Waals surface area contributed by atoms with Gasteiger partial charge in [0.05, 0.1) is 23.4 Å². The van der Waals surface area contributed by atoms with Crippen molar-refractivity contribution in [2.45, 2.75) is 15.2 Å². The summed E-state index contributed by atoms with van der Waals surface area (Å²) < 4.78 is 0. The summed E-state index contributed by atoms with van der Waals surface area (Å²) in [5.41, 5.74) is 17.2. The summed E-state index contributed by atoms with van der Waals surface area (Å²) in [6, 6.07) is 71.2. The van der Waals surface area contributed by atoms with E-state index in [0.717, 1.165) is 50.3 Å². The van der Waals surface area contributed by atoms with Gasteiger partial charge >= 0.3 is 0 Å². The minimum Gasteiger partial charge on any atom is -0.238 e. The van der Waals surface area contributed by atoms with Crippen molar-refractivity contribution < 1.29 is 0 Å². The Morgan fingerprint density at radius 3 is 1.55 bits per heavy atom. The van der Waals surface area contributed by atoms with Gasteiger partial charge in [0, 0.05) is 26.5 Å². The summed E-state index contributed by atoms with van der Waals surface area (Å²) in [7, 11) is 0. The van der Waals surface area contributed by atoms with Crippen molar-refractivity contribution in [3.8, 4) is 67.3 Å². The van der Waals surface area contributed by atoms with Gasteiger partial charge in [-0.3, -0.25) is 0 Å². The van der Waals surface area contributed by atoms with E-state index in [1.54, 1.807) is 0 Å². The van der Waals surface area contributed by atoms with E-state index in [0.29, 0.717) is 11.5 Å². The smallest absolute Gasteiger partial charge is 0.187 e. The fourth-order valence-electron chi connectivity index (χ4n) is 8.89. The number of hydrogen-bond acceptors (Lipinski definition) is 3. The van der Waals surface area contributed by atoms with Crippen molar-refractivity contribution in [3.63, 3.8) is 0 Å². The molecule has 3 nitrogen and oxygen atoms in total. The molecule has 1 aliphatic carbocycles. The molecular weight excluding hydrogens is 723 g/mol. The quantitative estimate of drug-likeness (QED) is 0.164. The third-order valence-corrected chi connectivity index (χ3v) is 12.8. The normalized spacial score (nSPS) is 14.5. The molecule has 0 saturated heterocycles. The second-order valence-corrected chi connectivity index (χ2v) is 15.9. The highest BCUT2D eigenvalue weighted by molar-refractivity contribution is 7.99. The maximum absolute atomic E-state index is 7.48. The summed E-state index contributed by atoms with van der Waals surface area (Å²) in [6.07, 6.45) is 0. The van der Waals surface area contributed by atoms with E-state index < -0.39 is 5.41 Å². The predicted molar refractivity (Wildman–Crippen MR) is 237 cm³/mol. The molecule has 270 valence electrons. The molecule has 11 rings (SSSR count). The third-order valence-electron chi connectivity index (χ3n) is 11.6. The molecule has 1 unspecified atom stereocenters. The molecule has 0 fully saturated rings. The van der Waals surface area contributed by atoms with Crippen LogP contribution >= 0.6 is 11.8 Å². The van der Waals surface area contributed by atoms with E-state index in [1.807, 2.05) is 60.3 Å². The molecule has 0 radical (unpaired) electrons. The molecule has 1 aromatic heterocycles. The van der Waals surface area contributed by atoms with Gasteiger partial charge in [-0.05, 0) is 86.0 Å². The number of rotatable bonds is 5. The Morgan fingerprint density at radius 2 is 0.879 bits per heavy atom. The Labute approximate surface area is 342 Å². The second-order valence-electron chi connectivity index (χ2n) is 14.8. The lowest BCUT2D eigenvalue weighted by atomic mass is 9.66. The maximum Gasteiger partial charge on any atom is 0.187 e. The summed E-state index contributed by atoms with van der Waals surface area (Å²) in [5.74, 6) is 0.697. The highest BCUT2D eigenvalue weighted by atomic mass is 32.2. The van der Waals surface area contributed by atoms with Gasteiger partial charge < -0.3 is 0 Å². The maximum atomic E-state index is 7.48. The monoisotopic (exact) mass is 755 g/mol. The molecule has 1 spiro atoms. The Hall–Kier alpha value is -7.32. The molecule has 8 aromatic carbocycles.